The number of halogens is 1. The molecule has 0 spiro atoms. The fourth-order valence-corrected chi connectivity index (χ4v) is 0.836. The molecule has 0 aliphatic rings. The topological polar surface area (TPSA) is 57.5 Å². The summed E-state index contributed by atoms with van der Waals surface area (Å²) in [5, 5.41) is 16.4. The number of carbonyl (C=O) groups is 1. The molecule has 2 N–H and O–H groups in total. The maximum absolute atomic E-state index is 10.2. The van der Waals surface area contributed by atoms with Gasteiger partial charge in [0.15, 0.2) is 0 Å². The average Bonchev–Trinajstić information content (AvgIpc) is 1.87. The molecule has 0 aromatic heterocycles. The van der Waals surface area contributed by atoms with Crippen LogP contribution in [0.3, 0.4) is 0 Å². The first kappa shape index (κ1) is 10.5. The van der Waals surface area contributed by atoms with Crippen LogP contribution >= 0.6 is 11.6 Å². The molecule has 0 heterocycles. The first-order chi connectivity index (χ1) is 5.07. The van der Waals surface area contributed by atoms with Crippen LogP contribution in [0, 0.1) is 0 Å². The zero-order valence-corrected chi connectivity index (χ0v) is 7.01. The highest BCUT2D eigenvalue weighted by atomic mass is 35.5. The number of hydrogen-bond donors (Lipinski definition) is 2. The Labute approximate surface area is 70.3 Å². The Hall–Kier alpha value is -0.540. The van der Waals surface area contributed by atoms with Crippen LogP contribution in [0.5, 0.6) is 0 Å². The molecule has 0 saturated heterocycles. The monoisotopic (exact) mass is 178 g/mol. The maximum Gasteiger partial charge on any atom is 0.330 e. The number of aliphatic hydroxyl groups excluding tert-OH is 1. The average molecular weight is 179 g/mol. The summed E-state index contributed by atoms with van der Waals surface area (Å²) >= 11 is 5.62. The third-order valence-corrected chi connectivity index (χ3v) is 1.52. The van der Waals surface area contributed by atoms with Gasteiger partial charge in [0, 0.05) is 12.2 Å². The normalized spacial score (nSPS) is 14.6. The van der Waals surface area contributed by atoms with Crippen molar-refractivity contribution in [2.24, 2.45) is 0 Å². The van der Waals surface area contributed by atoms with Gasteiger partial charge in [-0.1, -0.05) is 6.08 Å². The Morgan fingerprint density at radius 1 is 1.73 bits per heavy atom. The van der Waals surface area contributed by atoms with Crippen molar-refractivity contribution in [1.82, 2.24) is 0 Å². The SMILES string of the molecule is CC(=CC(Cl)CCO)C(=O)O. The number of carboxylic acids is 1. The summed E-state index contributed by atoms with van der Waals surface area (Å²) in [4.78, 5) is 10.2. The highest BCUT2D eigenvalue weighted by Gasteiger charge is 2.04. The van der Waals surface area contributed by atoms with Gasteiger partial charge in [-0.15, -0.1) is 11.6 Å². The lowest BCUT2D eigenvalue weighted by atomic mass is 10.2. The Morgan fingerprint density at radius 3 is 2.64 bits per heavy atom. The van der Waals surface area contributed by atoms with Crippen molar-refractivity contribution in [1.29, 1.82) is 0 Å². The Bertz CT molecular complexity index is 165. The molecule has 3 nitrogen and oxygen atoms in total. The van der Waals surface area contributed by atoms with E-state index in [1.165, 1.54) is 13.0 Å². The van der Waals surface area contributed by atoms with Crippen molar-refractivity contribution in [2.45, 2.75) is 18.7 Å². The van der Waals surface area contributed by atoms with Gasteiger partial charge in [-0.2, -0.15) is 0 Å². The summed E-state index contributed by atoms with van der Waals surface area (Å²) in [6.07, 6.45) is 1.80. The van der Waals surface area contributed by atoms with Gasteiger partial charge in [0.1, 0.15) is 0 Å². The molecule has 0 aromatic rings. The predicted octanol–water partition coefficient (Wildman–Crippen LogP) is 1.01. The molecule has 0 aliphatic carbocycles. The van der Waals surface area contributed by atoms with Crippen molar-refractivity contribution in [2.75, 3.05) is 6.61 Å². The maximum atomic E-state index is 10.2. The van der Waals surface area contributed by atoms with E-state index in [-0.39, 0.29) is 12.2 Å². The standard InChI is InChI=1S/C7H11ClO3/c1-5(7(10)11)4-6(8)2-3-9/h4,6,9H,2-3H2,1H3,(H,10,11). The number of alkyl halides is 1. The van der Waals surface area contributed by atoms with E-state index in [1.54, 1.807) is 0 Å². The summed E-state index contributed by atoms with van der Waals surface area (Å²) in [7, 11) is 0. The number of allylic oxidation sites excluding steroid dienone is 1. The zero-order valence-electron chi connectivity index (χ0n) is 6.25. The third kappa shape index (κ3) is 4.81. The number of hydrogen-bond acceptors (Lipinski definition) is 2. The van der Waals surface area contributed by atoms with Gasteiger partial charge in [0.05, 0.1) is 5.38 Å². The van der Waals surface area contributed by atoms with E-state index in [9.17, 15) is 4.79 Å². The van der Waals surface area contributed by atoms with Crippen LogP contribution in [0.15, 0.2) is 11.6 Å². The minimum Gasteiger partial charge on any atom is -0.478 e. The lowest BCUT2D eigenvalue weighted by molar-refractivity contribution is -0.132. The number of aliphatic carboxylic acids is 1. The Balaban J connectivity index is 3.96. The van der Waals surface area contributed by atoms with Crippen LogP contribution in [0.2, 0.25) is 0 Å². The molecule has 1 unspecified atom stereocenters. The second kappa shape index (κ2) is 5.16. The zero-order chi connectivity index (χ0) is 8.85. The highest BCUT2D eigenvalue weighted by Crippen LogP contribution is 2.06. The van der Waals surface area contributed by atoms with Gasteiger partial charge >= 0.3 is 5.97 Å². The van der Waals surface area contributed by atoms with E-state index in [1.807, 2.05) is 0 Å². The molecule has 0 bridgehead atoms. The molecule has 1 atom stereocenters. The van der Waals surface area contributed by atoms with Crippen molar-refractivity contribution in [3.63, 3.8) is 0 Å². The quantitative estimate of drug-likeness (QED) is 0.499. The summed E-state index contributed by atoms with van der Waals surface area (Å²) in [5.41, 5.74) is 0.207. The molecular weight excluding hydrogens is 168 g/mol. The predicted molar refractivity (Wildman–Crippen MR) is 42.7 cm³/mol. The molecule has 0 aliphatic heterocycles. The summed E-state index contributed by atoms with van der Waals surface area (Å²) in [6, 6.07) is 0. The van der Waals surface area contributed by atoms with Gasteiger partial charge in [-0.3, -0.25) is 0 Å². The van der Waals surface area contributed by atoms with E-state index in [0.29, 0.717) is 6.42 Å². The van der Waals surface area contributed by atoms with Crippen LogP contribution < -0.4 is 0 Å². The van der Waals surface area contributed by atoms with E-state index in [4.69, 9.17) is 21.8 Å². The minimum atomic E-state index is -0.978. The molecule has 0 amide bonds. The van der Waals surface area contributed by atoms with Crippen LogP contribution in [0.1, 0.15) is 13.3 Å². The Kier molecular flexibility index (Phi) is 4.90. The third-order valence-electron chi connectivity index (χ3n) is 1.17. The molecule has 64 valence electrons. The Morgan fingerprint density at radius 2 is 2.27 bits per heavy atom. The van der Waals surface area contributed by atoms with Crippen LogP contribution in [0.4, 0.5) is 0 Å². The first-order valence-corrected chi connectivity index (χ1v) is 3.68. The largest absolute Gasteiger partial charge is 0.478 e. The van der Waals surface area contributed by atoms with Gasteiger partial charge in [0.2, 0.25) is 0 Å². The van der Waals surface area contributed by atoms with Crippen LogP contribution in [-0.4, -0.2) is 28.2 Å². The van der Waals surface area contributed by atoms with Crippen molar-refractivity contribution < 1.29 is 15.0 Å². The molecule has 0 fully saturated rings. The van der Waals surface area contributed by atoms with E-state index in [2.05, 4.69) is 0 Å². The number of aliphatic hydroxyl groups is 1. The number of carboxylic acid groups (broad SMARTS) is 1. The number of rotatable bonds is 4. The molecular formula is C7H11ClO3. The summed E-state index contributed by atoms with van der Waals surface area (Å²) in [6.45, 7) is 1.44. The van der Waals surface area contributed by atoms with E-state index in [0.717, 1.165) is 0 Å². The van der Waals surface area contributed by atoms with Crippen LogP contribution in [-0.2, 0) is 4.79 Å². The molecule has 11 heavy (non-hydrogen) atoms. The smallest absolute Gasteiger partial charge is 0.330 e. The van der Waals surface area contributed by atoms with Gasteiger partial charge in [-0.05, 0) is 13.3 Å². The van der Waals surface area contributed by atoms with Crippen molar-refractivity contribution in [3.8, 4) is 0 Å². The highest BCUT2D eigenvalue weighted by molar-refractivity contribution is 6.22. The fourth-order valence-electron chi connectivity index (χ4n) is 0.549. The van der Waals surface area contributed by atoms with Gasteiger partial charge in [0.25, 0.3) is 0 Å². The van der Waals surface area contributed by atoms with Crippen molar-refractivity contribution >= 4 is 17.6 Å². The lowest BCUT2D eigenvalue weighted by Gasteiger charge is -2.00. The van der Waals surface area contributed by atoms with E-state index >= 15 is 0 Å². The van der Waals surface area contributed by atoms with Gasteiger partial charge < -0.3 is 10.2 Å². The fraction of sp³-hybridized carbons (Fsp3) is 0.571. The second-order valence-electron chi connectivity index (χ2n) is 2.18. The second-order valence-corrected chi connectivity index (χ2v) is 2.74. The molecule has 0 radical (unpaired) electrons. The van der Waals surface area contributed by atoms with E-state index < -0.39 is 11.3 Å². The van der Waals surface area contributed by atoms with Crippen molar-refractivity contribution in [3.05, 3.63) is 11.6 Å². The summed E-state index contributed by atoms with van der Waals surface area (Å²) in [5.74, 6) is -0.978. The molecule has 0 aromatic carbocycles. The molecule has 0 saturated carbocycles. The molecule has 4 heteroatoms. The van der Waals surface area contributed by atoms with Crippen LogP contribution in [0.25, 0.3) is 0 Å². The summed E-state index contributed by atoms with van der Waals surface area (Å²) < 4.78 is 0. The lowest BCUT2D eigenvalue weighted by Crippen LogP contribution is -2.03. The van der Waals surface area contributed by atoms with Gasteiger partial charge in [-0.25, -0.2) is 4.79 Å². The first-order valence-electron chi connectivity index (χ1n) is 3.24. The molecule has 0 rings (SSSR count). The minimum absolute atomic E-state index is 0.0302.